The summed E-state index contributed by atoms with van der Waals surface area (Å²) in [4.78, 5) is 12.4. The van der Waals surface area contributed by atoms with Gasteiger partial charge in [-0.1, -0.05) is 27.2 Å². The molecule has 0 radical (unpaired) electrons. The molecule has 6 unspecified atom stereocenters. The minimum atomic E-state index is 0.120. The molecule has 0 aromatic heterocycles. The minimum absolute atomic E-state index is 0.120. The molecule has 1 amide bonds. The lowest BCUT2D eigenvalue weighted by molar-refractivity contribution is -0.127. The molecule has 2 saturated carbocycles. The van der Waals surface area contributed by atoms with Gasteiger partial charge in [0.05, 0.1) is 0 Å². The van der Waals surface area contributed by atoms with Gasteiger partial charge in [0.15, 0.2) is 0 Å². The van der Waals surface area contributed by atoms with E-state index in [1.165, 1.54) is 19.3 Å². The number of nitrogens with two attached hydrogens (primary N) is 1. The molecule has 0 bridgehead atoms. The Labute approximate surface area is 117 Å². The van der Waals surface area contributed by atoms with E-state index in [2.05, 4.69) is 26.1 Å². The summed E-state index contributed by atoms with van der Waals surface area (Å²) in [6.07, 6.45) is 6.88. The molecule has 0 heterocycles. The Morgan fingerprint density at radius 3 is 2.53 bits per heavy atom. The van der Waals surface area contributed by atoms with Crippen molar-refractivity contribution >= 4 is 5.91 Å². The second-order valence-electron chi connectivity index (χ2n) is 7.00. The summed E-state index contributed by atoms with van der Waals surface area (Å²) in [6, 6.07) is 0.696. The number of hydrogen-bond acceptors (Lipinski definition) is 2. The monoisotopic (exact) mass is 266 g/mol. The van der Waals surface area contributed by atoms with Crippen molar-refractivity contribution in [2.24, 2.45) is 29.4 Å². The van der Waals surface area contributed by atoms with Crippen molar-refractivity contribution in [2.75, 3.05) is 0 Å². The third-order valence-electron chi connectivity index (χ3n) is 5.67. The highest BCUT2D eigenvalue weighted by atomic mass is 16.1. The molecule has 2 aliphatic carbocycles. The van der Waals surface area contributed by atoms with E-state index >= 15 is 0 Å². The van der Waals surface area contributed by atoms with Gasteiger partial charge >= 0.3 is 0 Å². The third-order valence-corrected chi connectivity index (χ3v) is 5.67. The van der Waals surface area contributed by atoms with Crippen LogP contribution in [0.25, 0.3) is 0 Å². The lowest BCUT2D eigenvalue weighted by atomic mass is 9.78. The maximum Gasteiger partial charge on any atom is 0.223 e. The van der Waals surface area contributed by atoms with Crippen molar-refractivity contribution in [3.8, 4) is 0 Å². The molecule has 0 aromatic carbocycles. The van der Waals surface area contributed by atoms with E-state index in [1.54, 1.807) is 0 Å². The predicted molar refractivity (Wildman–Crippen MR) is 78.6 cm³/mol. The Bertz CT molecular complexity index is 318. The van der Waals surface area contributed by atoms with Gasteiger partial charge in [-0.3, -0.25) is 4.79 Å². The van der Waals surface area contributed by atoms with E-state index in [0.717, 1.165) is 25.2 Å². The summed E-state index contributed by atoms with van der Waals surface area (Å²) in [7, 11) is 0. The normalized spacial score (nSPS) is 40.9. The minimum Gasteiger partial charge on any atom is -0.353 e. The quantitative estimate of drug-likeness (QED) is 0.825. The number of hydrogen-bond donors (Lipinski definition) is 2. The Morgan fingerprint density at radius 2 is 1.95 bits per heavy atom. The summed E-state index contributed by atoms with van der Waals surface area (Å²) in [6.45, 7) is 6.64. The zero-order valence-electron chi connectivity index (χ0n) is 12.7. The molecular formula is C16H30N2O. The summed E-state index contributed by atoms with van der Waals surface area (Å²) in [5.41, 5.74) is 6.04. The van der Waals surface area contributed by atoms with E-state index in [-0.39, 0.29) is 11.8 Å². The van der Waals surface area contributed by atoms with Crippen LogP contribution in [0.15, 0.2) is 0 Å². The van der Waals surface area contributed by atoms with Crippen LogP contribution in [0.3, 0.4) is 0 Å². The molecule has 110 valence electrons. The van der Waals surface area contributed by atoms with Crippen LogP contribution in [0.2, 0.25) is 0 Å². The summed E-state index contributed by atoms with van der Waals surface area (Å²) in [5, 5.41) is 3.29. The van der Waals surface area contributed by atoms with Crippen LogP contribution in [-0.2, 0) is 4.79 Å². The van der Waals surface area contributed by atoms with Gasteiger partial charge in [0.2, 0.25) is 5.91 Å². The topological polar surface area (TPSA) is 55.1 Å². The van der Waals surface area contributed by atoms with Gasteiger partial charge in [0.1, 0.15) is 0 Å². The van der Waals surface area contributed by atoms with Gasteiger partial charge in [-0.2, -0.15) is 0 Å². The highest BCUT2D eigenvalue weighted by molar-refractivity contribution is 5.79. The second-order valence-corrected chi connectivity index (χ2v) is 7.00. The number of carbonyl (C=O) groups excluding carboxylic acids is 1. The van der Waals surface area contributed by atoms with Crippen molar-refractivity contribution in [2.45, 2.75) is 71.4 Å². The summed E-state index contributed by atoms with van der Waals surface area (Å²) >= 11 is 0. The molecule has 2 fully saturated rings. The van der Waals surface area contributed by atoms with Gasteiger partial charge < -0.3 is 11.1 Å². The first-order valence-electron chi connectivity index (χ1n) is 8.05. The van der Waals surface area contributed by atoms with E-state index in [4.69, 9.17) is 5.73 Å². The second kappa shape index (κ2) is 6.25. The standard InChI is InChI=1S/C16H30N2O/c1-10-7-8-15(11(10)2)18-16(19)12(3)13-5-4-6-14(17)9-13/h10-15H,4-9,17H2,1-3H3,(H,18,19). The maximum atomic E-state index is 12.4. The zero-order valence-corrected chi connectivity index (χ0v) is 12.7. The Hall–Kier alpha value is -0.570. The highest BCUT2D eigenvalue weighted by Gasteiger charge is 2.34. The first kappa shape index (κ1) is 14.8. The van der Waals surface area contributed by atoms with E-state index in [0.29, 0.717) is 23.9 Å². The maximum absolute atomic E-state index is 12.4. The average Bonchev–Trinajstić information content (AvgIpc) is 2.70. The van der Waals surface area contributed by atoms with Gasteiger partial charge in [-0.15, -0.1) is 0 Å². The predicted octanol–water partition coefficient (Wildman–Crippen LogP) is 2.69. The Morgan fingerprint density at radius 1 is 1.21 bits per heavy atom. The third kappa shape index (κ3) is 3.50. The lowest BCUT2D eigenvalue weighted by Gasteiger charge is -2.31. The van der Waals surface area contributed by atoms with Crippen LogP contribution in [0.4, 0.5) is 0 Å². The largest absolute Gasteiger partial charge is 0.353 e. The SMILES string of the molecule is CC1CCC(NC(=O)C(C)C2CCCC(N)C2)C1C. The molecule has 2 aliphatic rings. The van der Waals surface area contributed by atoms with E-state index in [9.17, 15) is 4.79 Å². The van der Waals surface area contributed by atoms with Crippen molar-refractivity contribution in [3.63, 3.8) is 0 Å². The molecule has 0 spiro atoms. The molecule has 0 saturated heterocycles. The molecule has 0 aliphatic heterocycles. The van der Waals surface area contributed by atoms with Gasteiger partial charge in [0.25, 0.3) is 0 Å². The van der Waals surface area contributed by atoms with Crippen LogP contribution >= 0.6 is 0 Å². The number of amides is 1. The molecule has 3 heteroatoms. The fraction of sp³-hybridized carbons (Fsp3) is 0.938. The average molecular weight is 266 g/mol. The zero-order chi connectivity index (χ0) is 14.0. The molecule has 2 rings (SSSR count). The molecule has 6 atom stereocenters. The van der Waals surface area contributed by atoms with Gasteiger partial charge in [-0.05, 0) is 49.9 Å². The van der Waals surface area contributed by atoms with Crippen LogP contribution < -0.4 is 11.1 Å². The van der Waals surface area contributed by atoms with Crippen LogP contribution in [-0.4, -0.2) is 18.0 Å². The van der Waals surface area contributed by atoms with Crippen molar-refractivity contribution in [1.29, 1.82) is 0 Å². The van der Waals surface area contributed by atoms with Crippen molar-refractivity contribution < 1.29 is 4.79 Å². The Balaban J connectivity index is 1.85. The Kier molecular flexibility index (Phi) is 4.88. The van der Waals surface area contributed by atoms with E-state index < -0.39 is 0 Å². The smallest absolute Gasteiger partial charge is 0.223 e. The van der Waals surface area contributed by atoms with Gasteiger partial charge in [0, 0.05) is 18.0 Å². The van der Waals surface area contributed by atoms with Crippen LogP contribution in [0.1, 0.15) is 59.3 Å². The summed E-state index contributed by atoms with van der Waals surface area (Å²) in [5.74, 6) is 2.21. The van der Waals surface area contributed by atoms with Crippen molar-refractivity contribution in [1.82, 2.24) is 5.32 Å². The molecule has 3 N–H and O–H groups in total. The van der Waals surface area contributed by atoms with Crippen molar-refractivity contribution in [3.05, 3.63) is 0 Å². The molecular weight excluding hydrogens is 236 g/mol. The van der Waals surface area contributed by atoms with Gasteiger partial charge in [-0.25, -0.2) is 0 Å². The van der Waals surface area contributed by atoms with Crippen LogP contribution in [0.5, 0.6) is 0 Å². The number of carbonyl (C=O) groups is 1. The molecule has 19 heavy (non-hydrogen) atoms. The fourth-order valence-electron chi connectivity index (χ4n) is 3.82. The van der Waals surface area contributed by atoms with E-state index in [1.807, 2.05) is 0 Å². The molecule has 0 aromatic rings. The first-order valence-corrected chi connectivity index (χ1v) is 8.05. The first-order chi connectivity index (χ1) is 8.99. The number of rotatable bonds is 3. The summed E-state index contributed by atoms with van der Waals surface area (Å²) < 4.78 is 0. The van der Waals surface area contributed by atoms with Crippen LogP contribution in [0, 0.1) is 23.7 Å². The fourth-order valence-corrected chi connectivity index (χ4v) is 3.82. The lowest BCUT2D eigenvalue weighted by Crippen LogP contribution is -2.43. The molecule has 3 nitrogen and oxygen atoms in total. The highest BCUT2D eigenvalue weighted by Crippen LogP contribution is 2.33. The number of nitrogens with one attached hydrogen (secondary N) is 1.